The summed E-state index contributed by atoms with van der Waals surface area (Å²) >= 11 is 0. The van der Waals surface area contributed by atoms with Crippen molar-refractivity contribution in [2.45, 2.75) is 59.9 Å². The van der Waals surface area contributed by atoms with Crippen molar-refractivity contribution in [3.8, 4) is 0 Å². The van der Waals surface area contributed by atoms with E-state index in [1.807, 2.05) is 20.8 Å². The number of nitrogens with zero attached hydrogens (tertiary/aromatic N) is 1. The largest absolute Gasteiger partial charge is 0.465 e. The first kappa shape index (κ1) is 18.7. The van der Waals surface area contributed by atoms with Crippen molar-refractivity contribution in [1.29, 1.82) is 0 Å². The molecule has 0 heterocycles. The van der Waals surface area contributed by atoms with E-state index in [9.17, 15) is 9.59 Å². The molecule has 0 aliphatic carbocycles. The van der Waals surface area contributed by atoms with Crippen LogP contribution in [0.3, 0.4) is 0 Å². The van der Waals surface area contributed by atoms with Crippen LogP contribution in [-0.2, 0) is 14.3 Å². The zero-order valence-corrected chi connectivity index (χ0v) is 13.5. The Morgan fingerprint density at radius 1 is 1.10 bits per heavy atom. The van der Waals surface area contributed by atoms with Crippen LogP contribution in [0.15, 0.2) is 0 Å². The Morgan fingerprint density at radius 2 is 1.75 bits per heavy atom. The Morgan fingerprint density at radius 3 is 2.25 bits per heavy atom. The van der Waals surface area contributed by atoms with Crippen LogP contribution >= 0.6 is 0 Å². The number of hydrogen-bond donors (Lipinski definition) is 0. The van der Waals surface area contributed by atoms with Crippen molar-refractivity contribution < 1.29 is 19.1 Å². The lowest BCUT2D eigenvalue weighted by atomic mass is 10.2. The standard InChI is InChI=1S/C15H29NO4/c1-6-8-9-16(15(18)19-7-2)13(5)10-14(17)20-11-12(3)4/h12-13H,6-11H2,1-5H3. The molecule has 0 aromatic heterocycles. The van der Waals surface area contributed by atoms with Crippen LogP contribution in [0.4, 0.5) is 4.79 Å². The summed E-state index contributed by atoms with van der Waals surface area (Å²) in [6.45, 7) is 11.0. The summed E-state index contributed by atoms with van der Waals surface area (Å²) in [5.41, 5.74) is 0. The number of unbranched alkanes of at least 4 members (excludes halogenated alkanes) is 1. The van der Waals surface area contributed by atoms with E-state index >= 15 is 0 Å². The number of hydrogen-bond acceptors (Lipinski definition) is 4. The summed E-state index contributed by atoms with van der Waals surface area (Å²) in [5, 5.41) is 0. The second-order valence-electron chi connectivity index (χ2n) is 5.38. The summed E-state index contributed by atoms with van der Waals surface area (Å²) in [6.07, 6.45) is 1.73. The molecule has 0 rings (SSSR count). The maximum atomic E-state index is 11.9. The highest BCUT2D eigenvalue weighted by molar-refractivity contribution is 5.72. The normalized spacial score (nSPS) is 12.1. The first-order valence-corrected chi connectivity index (χ1v) is 7.51. The van der Waals surface area contributed by atoms with Crippen molar-refractivity contribution in [2.75, 3.05) is 19.8 Å². The van der Waals surface area contributed by atoms with Crippen molar-refractivity contribution >= 4 is 12.1 Å². The topological polar surface area (TPSA) is 55.8 Å². The average molecular weight is 287 g/mol. The van der Waals surface area contributed by atoms with Gasteiger partial charge in [-0.2, -0.15) is 0 Å². The van der Waals surface area contributed by atoms with Crippen LogP contribution in [0.2, 0.25) is 0 Å². The number of ether oxygens (including phenoxy) is 2. The molecule has 118 valence electrons. The molecule has 0 saturated carbocycles. The number of carbonyl (C=O) groups is 2. The first-order valence-electron chi connectivity index (χ1n) is 7.51. The third-order valence-corrected chi connectivity index (χ3v) is 2.83. The maximum absolute atomic E-state index is 11.9. The molecule has 0 aliphatic heterocycles. The van der Waals surface area contributed by atoms with Crippen molar-refractivity contribution in [2.24, 2.45) is 5.92 Å². The van der Waals surface area contributed by atoms with Gasteiger partial charge in [-0.15, -0.1) is 0 Å². The van der Waals surface area contributed by atoms with Gasteiger partial charge in [0.15, 0.2) is 0 Å². The Kier molecular flexibility index (Phi) is 9.86. The predicted octanol–water partition coefficient (Wildman–Crippen LogP) is 3.22. The minimum Gasteiger partial charge on any atom is -0.465 e. The summed E-state index contributed by atoms with van der Waals surface area (Å²) < 4.78 is 10.2. The Labute approximate surface area is 122 Å². The molecule has 0 saturated heterocycles. The number of rotatable bonds is 9. The Hall–Kier alpha value is -1.26. The van der Waals surface area contributed by atoms with Gasteiger partial charge in [0.2, 0.25) is 0 Å². The van der Waals surface area contributed by atoms with E-state index in [0.717, 1.165) is 12.8 Å². The van der Waals surface area contributed by atoms with Gasteiger partial charge in [-0.25, -0.2) is 4.79 Å². The molecule has 1 atom stereocenters. The zero-order chi connectivity index (χ0) is 15.5. The van der Waals surface area contributed by atoms with Crippen molar-refractivity contribution in [3.05, 3.63) is 0 Å². The average Bonchev–Trinajstić information content (AvgIpc) is 2.37. The van der Waals surface area contributed by atoms with Crippen LogP contribution in [0.5, 0.6) is 0 Å². The van der Waals surface area contributed by atoms with E-state index in [2.05, 4.69) is 6.92 Å². The fraction of sp³-hybridized carbons (Fsp3) is 0.867. The Balaban J connectivity index is 4.41. The van der Waals surface area contributed by atoms with Gasteiger partial charge in [-0.1, -0.05) is 27.2 Å². The molecular formula is C15H29NO4. The lowest BCUT2D eigenvalue weighted by Crippen LogP contribution is -2.41. The summed E-state index contributed by atoms with van der Waals surface area (Å²) in [4.78, 5) is 25.2. The molecule has 1 unspecified atom stereocenters. The van der Waals surface area contributed by atoms with Gasteiger partial charge in [0.25, 0.3) is 0 Å². The van der Waals surface area contributed by atoms with Gasteiger partial charge in [-0.3, -0.25) is 4.79 Å². The fourth-order valence-electron chi connectivity index (χ4n) is 1.70. The van der Waals surface area contributed by atoms with Crippen LogP contribution in [-0.4, -0.2) is 42.8 Å². The summed E-state index contributed by atoms with van der Waals surface area (Å²) in [5.74, 6) is 0.0486. The van der Waals surface area contributed by atoms with Gasteiger partial charge in [0, 0.05) is 12.6 Å². The lowest BCUT2D eigenvalue weighted by Gasteiger charge is -2.27. The first-order chi connectivity index (χ1) is 9.42. The number of esters is 1. The van der Waals surface area contributed by atoms with Gasteiger partial charge in [-0.05, 0) is 26.2 Å². The highest BCUT2D eigenvalue weighted by Crippen LogP contribution is 2.10. The molecular weight excluding hydrogens is 258 g/mol. The van der Waals surface area contributed by atoms with Crippen LogP contribution in [0.1, 0.15) is 53.9 Å². The second-order valence-corrected chi connectivity index (χ2v) is 5.38. The summed E-state index contributed by atoms with van der Waals surface area (Å²) in [7, 11) is 0. The zero-order valence-electron chi connectivity index (χ0n) is 13.5. The van der Waals surface area contributed by atoms with Crippen LogP contribution < -0.4 is 0 Å². The maximum Gasteiger partial charge on any atom is 0.409 e. The monoisotopic (exact) mass is 287 g/mol. The molecule has 5 heteroatoms. The van der Waals surface area contributed by atoms with Crippen molar-refractivity contribution in [1.82, 2.24) is 4.90 Å². The molecule has 0 spiro atoms. The lowest BCUT2D eigenvalue weighted by molar-refractivity contribution is -0.145. The van der Waals surface area contributed by atoms with E-state index < -0.39 is 0 Å². The van der Waals surface area contributed by atoms with E-state index in [4.69, 9.17) is 9.47 Å². The van der Waals surface area contributed by atoms with Crippen molar-refractivity contribution in [3.63, 3.8) is 0 Å². The number of carbonyl (C=O) groups excluding carboxylic acids is 2. The fourth-order valence-corrected chi connectivity index (χ4v) is 1.70. The third kappa shape index (κ3) is 8.02. The highest BCUT2D eigenvalue weighted by atomic mass is 16.6. The quantitative estimate of drug-likeness (QED) is 0.611. The molecule has 0 bridgehead atoms. The second kappa shape index (κ2) is 10.5. The minimum absolute atomic E-state index is 0.204. The number of amides is 1. The van der Waals surface area contributed by atoms with Gasteiger partial charge >= 0.3 is 12.1 Å². The predicted molar refractivity (Wildman–Crippen MR) is 78.5 cm³/mol. The van der Waals surface area contributed by atoms with Gasteiger partial charge in [0.05, 0.1) is 19.6 Å². The third-order valence-electron chi connectivity index (χ3n) is 2.83. The molecule has 0 aromatic rings. The van der Waals surface area contributed by atoms with E-state index in [-0.39, 0.29) is 24.5 Å². The molecule has 0 aliphatic rings. The molecule has 5 nitrogen and oxygen atoms in total. The van der Waals surface area contributed by atoms with Crippen LogP contribution in [0, 0.1) is 5.92 Å². The summed E-state index contributed by atoms with van der Waals surface area (Å²) in [6, 6.07) is -0.208. The molecule has 0 radical (unpaired) electrons. The molecule has 20 heavy (non-hydrogen) atoms. The molecule has 0 N–H and O–H groups in total. The molecule has 0 aromatic carbocycles. The smallest absolute Gasteiger partial charge is 0.409 e. The molecule has 1 amide bonds. The minimum atomic E-state index is -0.356. The van der Waals surface area contributed by atoms with Gasteiger partial charge in [0.1, 0.15) is 0 Å². The SMILES string of the molecule is CCCCN(C(=O)OCC)C(C)CC(=O)OCC(C)C. The van der Waals surface area contributed by atoms with E-state index in [1.54, 1.807) is 11.8 Å². The van der Waals surface area contributed by atoms with E-state index in [0.29, 0.717) is 25.7 Å². The molecule has 0 fully saturated rings. The highest BCUT2D eigenvalue weighted by Gasteiger charge is 2.23. The van der Waals surface area contributed by atoms with Gasteiger partial charge < -0.3 is 14.4 Å². The Bertz CT molecular complexity index is 292. The van der Waals surface area contributed by atoms with E-state index in [1.165, 1.54) is 0 Å². The van der Waals surface area contributed by atoms with Crippen LogP contribution in [0.25, 0.3) is 0 Å².